The van der Waals surface area contributed by atoms with Gasteiger partial charge in [0.2, 0.25) is 0 Å². The summed E-state index contributed by atoms with van der Waals surface area (Å²) in [5.41, 5.74) is 9.33. The smallest absolute Gasteiger partial charge is 0.146 e. The van der Waals surface area contributed by atoms with Crippen molar-refractivity contribution < 1.29 is 0 Å². The van der Waals surface area contributed by atoms with E-state index in [9.17, 15) is 0 Å². The van der Waals surface area contributed by atoms with Crippen molar-refractivity contribution in [1.82, 2.24) is 10.2 Å². The highest BCUT2D eigenvalue weighted by molar-refractivity contribution is 6.34. The van der Waals surface area contributed by atoms with Gasteiger partial charge < -0.3 is 0 Å². The molecule has 4 atom stereocenters. The molecule has 8 rings (SSSR count). The van der Waals surface area contributed by atoms with Crippen LogP contribution in [0.25, 0.3) is 5.57 Å². The highest BCUT2D eigenvalue weighted by Crippen LogP contribution is 2.55. The van der Waals surface area contributed by atoms with Crippen molar-refractivity contribution in [2.24, 2.45) is 4.99 Å². The molecule has 3 nitrogen and oxygen atoms in total. The second-order valence-corrected chi connectivity index (χ2v) is 14.3. The molecule has 2 heterocycles. The first kappa shape index (κ1) is 33.6. The predicted molar refractivity (Wildman–Crippen MR) is 213 cm³/mol. The molecule has 1 aliphatic carbocycles. The summed E-state index contributed by atoms with van der Waals surface area (Å²) < 4.78 is 0. The van der Waals surface area contributed by atoms with Crippen molar-refractivity contribution in [2.45, 2.75) is 56.5 Å². The van der Waals surface area contributed by atoms with E-state index >= 15 is 0 Å². The molecule has 0 spiro atoms. The molecule has 0 amide bonds. The summed E-state index contributed by atoms with van der Waals surface area (Å²) in [5.74, 6) is 0. The van der Waals surface area contributed by atoms with Crippen LogP contribution in [0.3, 0.4) is 0 Å². The van der Waals surface area contributed by atoms with E-state index in [1.807, 2.05) is 24.3 Å². The van der Waals surface area contributed by atoms with Gasteiger partial charge >= 0.3 is 0 Å². The summed E-state index contributed by atoms with van der Waals surface area (Å²) in [7, 11) is 0. The van der Waals surface area contributed by atoms with Crippen LogP contribution in [-0.4, -0.2) is 16.7 Å². The van der Waals surface area contributed by atoms with Crippen LogP contribution in [0, 0.1) is 0 Å². The third-order valence-corrected chi connectivity index (χ3v) is 11.2. The Bertz CT molecular complexity index is 2140. The largest absolute Gasteiger partial charge is 0.289 e. The molecule has 5 aromatic carbocycles. The summed E-state index contributed by atoms with van der Waals surface area (Å²) in [6.45, 7) is 2.27. The van der Waals surface area contributed by atoms with Gasteiger partial charge in [0.15, 0.2) is 0 Å². The minimum absolute atomic E-state index is 0.0548. The molecule has 0 saturated carbocycles. The second kappa shape index (κ2) is 14.6. The quantitative estimate of drug-likeness (QED) is 0.174. The van der Waals surface area contributed by atoms with Gasteiger partial charge in [-0.25, -0.2) is 4.90 Å². The van der Waals surface area contributed by atoms with Gasteiger partial charge in [-0.2, -0.15) is 0 Å². The maximum absolute atomic E-state index is 7.39. The zero-order valence-electron chi connectivity index (χ0n) is 28.7. The van der Waals surface area contributed by atoms with E-state index in [1.54, 1.807) is 0 Å². The molecule has 4 unspecified atom stereocenters. The molecule has 2 aliphatic heterocycles. The molecular weight excluding hydrogens is 665 g/mol. The third kappa shape index (κ3) is 6.23. The van der Waals surface area contributed by atoms with Gasteiger partial charge in [0.25, 0.3) is 0 Å². The molecule has 5 aromatic rings. The van der Waals surface area contributed by atoms with Crippen molar-refractivity contribution in [3.63, 3.8) is 0 Å². The van der Waals surface area contributed by atoms with Crippen molar-refractivity contribution in [2.75, 3.05) is 0 Å². The summed E-state index contributed by atoms with van der Waals surface area (Å²) in [4.78, 5) is 8.72. The average molecular weight is 707 g/mol. The van der Waals surface area contributed by atoms with Gasteiger partial charge in [-0.05, 0) is 48.1 Å². The number of nitrogens with zero attached hydrogens (tertiary/aromatic N) is 2. The summed E-state index contributed by atoms with van der Waals surface area (Å²) in [6.07, 6.45) is 10.3. The maximum atomic E-state index is 7.39. The topological polar surface area (TPSA) is 27.6 Å². The molecular formula is C46H41Cl2N3. The normalized spacial score (nSPS) is 23.6. The zero-order chi connectivity index (χ0) is 34.8. The highest BCUT2D eigenvalue weighted by atomic mass is 35.5. The fourth-order valence-electron chi connectivity index (χ4n) is 8.30. The number of benzene rings is 5. The summed E-state index contributed by atoms with van der Waals surface area (Å²) in [5, 5.41) is 5.55. The first-order valence-corrected chi connectivity index (χ1v) is 18.7. The van der Waals surface area contributed by atoms with Crippen LogP contribution in [0.1, 0.15) is 72.6 Å². The molecule has 1 saturated heterocycles. The Morgan fingerprint density at radius 2 is 1.35 bits per heavy atom. The van der Waals surface area contributed by atoms with Crippen LogP contribution in [-0.2, 0) is 5.66 Å². The number of hydrogen-bond acceptors (Lipinski definition) is 3. The van der Waals surface area contributed by atoms with Gasteiger partial charge in [0.05, 0.1) is 24.0 Å². The van der Waals surface area contributed by atoms with E-state index in [2.05, 4.69) is 151 Å². The van der Waals surface area contributed by atoms with E-state index in [1.165, 1.54) is 27.8 Å². The number of aliphatic imine (C=N–C) groups is 1. The Balaban J connectivity index is 1.48. The standard InChI is InChI=1S/C46H41Cl2N3/c1-2-32-31-46(38-28-16-18-30-40(38)48,50-42(34-21-9-4-10-22-34)41(32)33-19-7-3-8-20-33)51-44(36-25-13-6-14-26-36)43(35-23-11-5-12-24-35)49-45(51)37-27-15-17-29-39(37)47/h3-5,7-13,15-30,43-45,49H,2,6,14,31H2,1H3. The molecule has 0 radical (unpaired) electrons. The van der Waals surface area contributed by atoms with Gasteiger partial charge in [-0.3, -0.25) is 10.3 Å². The minimum atomic E-state index is -0.912. The van der Waals surface area contributed by atoms with Crippen molar-refractivity contribution in [1.29, 1.82) is 0 Å². The van der Waals surface area contributed by atoms with Crippen LogP contribution in [0.5, 0.6) is 0 Å². The fraction of sp³-hybridized carbons (Fsp3) is 0.196. The minimum Gasteiger partial charge on any atom is -0.289 e. The molecule has 1 N–H and O–H groups in total. The maximum Gasteiger partial charge on any atom is 0.146 e. The molecule has 51 heavy (non-hydrogen) atoms. The van der Waals surface area contributed by atoms with E-state index in [4.69, 9.17) is 28.2 Å². The zero-order valence-corrected chi connectivity index (χ0v) is 30.2. The Hall–Kier alpha value is -4.51. The third-order valence-electron chi connectivity index (χ3n) is 10.6. The van der Waals surface area contributed by atoms with Crippen molar-refractivity contribution in [3.8, 4) is 0 Å². The lowest BCUT2D eigenvalue weighted by Gasteiger charge is -2.49. The van der Waals surface area contributed by atoms with Crippen molar-refractivity contribution in [3.05, 3.63) is 207 Å². The Morgan fingerprint density at radius 1 is 0.725 bits per heavy atom. The first-order chi connectivity index (χ1) is 25.1. The SMILES string of the molecule is CCC1=C(c2ccccc2)C(c2ccccc2)=NC(c2ccccc2Cl)(N2C(c3ccccc3Cl)NC(c3ccccc3)C2C2=CCCC=C2)C1. The molecule has 0 aromatic heterocycles. The lowest BCUT2D eigenvalue weighted by atomic mass is 9.78. The highest BCUT2D eigenvalue weighted by Gasteiger charge is 2.56. The number of dihydropyridines is 1. The lowest BCUT2D eigenvalue weighted by Crippen LogP contribution is -2.52. The van der Waals surface area contributed by atoms with E-state index in [0.29, 0.717) is 16.5 Å². The number of hydrogen-bond donors (Lipinski definition) is 1. The van der Waals surface area contributed by atoms with Gasteiger partial charge in [0.1, 0.15) is 5.66 Å². The van der Waals surface area contributed by atoms with Crippen molar-refractivity contribution >= 4 is 34.5 Å². The Morgan fingerprint density at radius 3 is 2.00 bits per heavy atom. The van der Waals surface area contributed by atoms with Crippen LogP contribution < -0.4 is 5.32 Å². The Labute approximate surface area is 311 Å². The lowest BCUT2D eigenvalue weighted by molar-refractivity contribution is 0.0436. The molecule has 254 valence electrons. The number of rotatable bonds is 8. The van der Waals surface area contributed by atoms with Gasteiger partial charge in [-0.1, -0.05) is 181 Å². The van der Waals surface area contributed by atoms with E-state index in [-0.39, 0.29) is 18.2 Å². The van der Waals surface area contributed by atoms with Gasteiger partial charge in [-0.15, -0.1) is 0 Å². The van der Waals surface area contributed by atoms with E-state index in [0.717, 1.165) is 41.7 Å². The Kier molecular flexibility index (Phi) is 9.64. The first-order valence-electron chi connectivity index (χ1n) is 18.0. The summed E-state index contributed by atoms with van der Waals surface area (Å²) in [6, 6.07) is 48.6. The monoisotopic (exact) mass is 705 g/mol. The van der Waals surface area contributed by atoms with Crippen LogP contribution in [0.4, 0.5) is 0 Å². The predicted octanol–water partition coefficient (Wildman–Crippen LogP) is 11.9. The molecule has 5 heteroatoms. The average Bonchev–Trinajstić information content (AvgIpc) is 3.60. The summed E-state index contributed by atoms with van der Waals surface area (Å²) >= 11 is 14.6. The number of allylic oxidation sites excluding steroid dienone is 3. The van der Waals surface area contributed by atoms with Crippen LogP contribution in [0.15, 0.2) is 174 Å². The molecule has 3 aliphatic rings. The number of nitrogens with one attached hydrogen (secondary N) is 1. The van der Waals surface area contributed by atoms with Gasteiger partial charge in [0, 0.05) is 38.7 Å². The van der Waals surface area contributed by atoms with Crippen LogP contribution >= 0.6 is 23.2 Å². The fourth-order valence-corrected chi connectivity index (χ4v) is 8.83. The second-order valence-electron chi connectivity index (χ2n) is 13.5. The van der Waals surface area contributed by atoms with Crippen LogP contribution in [0.2, 0.25) is 10.0 Å². The van der Waals surface area contributed by atoms with E-state index < -0.39 is 5.66 Å². The number of halogens is 2. The molecule has 0 bridgehead atoms. The molecule has 1 fully saturated rings.